The van der Waals surface area contributed by atoms with Gasteiger partial charge in [-0.1, -0.05) is 12.1 Å². The molecule has 26 heavy (non-hydrogen) atoms. The largest absolute Gasteiger partial charge is 0.508 e. The number of likely N-dealkylation sites (N-methyl/N-ethyl adjacent to an activating group) is 1. The maximum Gasteiger partial charge on any atom is 0.253 e. The maximum atomic E-state index is 12.7. The Hall–Kier alpha value is -3.19. The molecule has 0 aliphatic rings. The molecule has 0 fully saturated rings. The zero-order valence-corrected chi connectivity index (χ0v) is 14.4. The van der Waals surface area contributed by atoms with E-state index in [4.69, 9.17) is 0 Å². The Morgan fingerprint density at radius 2 is 1.85 bits per heavy atom. The van der Waals surface area contributed by atoms with Crippen molar-refractivity contribution >= 4 is 5.91 Å². The van der Waals surface area contributed by atoms with Crippen molar-refractivity contribution in [3.05, 3.63) is 72.3 Å². The standard InChI is InChI=1S/C19H20N4O3/c1-2-22(11-18(25)15-4-3-5-17(24)10-15)19(26)14-6-8-16(9-7-14)23-12-20-21-13-23/h3-10,12-13,18,24-25H,2,11H2,1H3/t18-/m1/s1. The van der Waals surface area contributed by atoms with E-state index in [2.05, 4.69) is 10.2 Å². The third-order valence-electron chi connectivity index (χ3n) is 4.15. The summed E-state index contributed by atoms with van der Waals surface area (Å²) in [5, 5.41) is 27.4. The van der Waals surface area contributed by atoms with Gasteiger partial charge in [0.05, 0.1) is 12.6 Å². The minimum absolute atomic E-state index is 0.0838. The van der Waals surface area contributed by atoms with Crippen LogP contribution in [0.2, 0.25) is 0 Å². The zero-order chi connectivity index (χ0) is 18.5. The minimum atomic E-state index is -0.873. The number of aromatic nitrogens is 3. The number of carbonyl (C=O) groups is 1. The van der Waals surface area contributed by atoms with Crippen molar-refractivity contribution in [3.63, 3.8) is 0 Å². The molecule has 2 aromatic carbocycles. The fraction of sp³-hybridized carbons (Fsp3) is 0.211. The van der Waals surface area contributed by atoms with Crippen molar-refractivity contribution in [2.75, 3.05) is 13.1 Å². The van der Waals surface area contributed by atoms with Crippen molar-refractivity contribution < 1.29 is 15.0 Å². The molecule has 0 spiro atoms. The van der Waals surface area contributed by atoms with Gasteiger partial charge in [0.2, 0.25) is 0 Å². The molecule has 3 aromatic rings. The predicted molar refractivity (Wildman–Crippen MR) is 96.0 cm³/mol. The number of aliphatic hydroxyl groups is 1. The zero-order valence-electron chi connectivity index (χ0n) is 14.4. The Morgan fingerprint density at radius 3 is 2.46 bits per heavy atom. The lowest BCUT2D eigenvalue weighted by Gasteiger charge is -2.24. The number of rotatable bonds is 6. The van der Waals surface area contributed by atoms with E-state index in [9.17, 15) is 15.0 Å². The van der Waals surface area contributed by atoms with Crippen LogP contribution >= 0.6 is 0 Å². The second-order valence-corrected chi connectivity index (χ2v) is 5.87. The number of phenols is 1. The number of carbonyl (C=O) groups excluding carboxylic acids is 1. The first-order valence-corrected chi connectivity index (χ1v) is 8.30. The fourth-order valence-electron chi connectivity index (χ4n) is 2.69. The quantitative estimate of drug-likeness (QED) is 0.709. The van der Waals surface area contributed by atoms with E-state index in [0.717, 1.165) is 5.69 Å². The number of hydrogen-bond donors (Lipinski definition) is 2. The van der Waals surface area contributed by atoms with Gasteiger partial charge in [0.15, 0.2) is 0 Å². The molecule has 2 N–H and O–H groups in total. The molecule has 1 atom stereocenters. The van der Waals surface area contributed by atoms with Gasteiger partial charge in [0.1, 0.15) is 18.4 Å². The first-order chi connectivity index (χ1) is 12.6. The molecule has 0 unspecified atom stereocenters. The van der Waals surface area contributed by atoms with Gasteiger partial charge in [-0.2, -0.15) is 0 Å². The van der Waals surface area contributed by atoms with Gasteiger partial charge in [0.25, 0.3) is 5.91 Å². The Kier molecular flexibility index (Phi) is 5.28. The Balaban J connectivity index is 1.72. The molecular weight excluding hydrogens is 332 g/mol. The molecule has 0 aliphatic carbocycles. The molecular formula is C19H20N4O3. The Morgan fingerprint density at radius 1 is 1.15 bits per heavy atom. The summed E-state index contributed by atoms with van der Waals surface area (Å²) in [5.74, 6) is -0.0810. The van der Waals surface area contributed by atoms with E-state index in [1.807, 2.05) is 19.1 Å². The Labute approximate surface area is 151 Å². The highest BCUT2D eigenvalue weighted by molar-refractivity contribution is 5.94. The molecule has 1 amide bonds. The van der Waals surface area contributed by atoms with Gasteiger partial charge in [0, 0.05) is 17.8 Å². The summed E-state index contributed by atoms with van der Waals surface area (Å²) in [6.07, 6.45) is 2.30. The van der Waals surface area contributed by atoms with Crippen LogP contribution < -0.4 is 0 Å². The lowest BCUT2D eigenvalue weighted by atomic mass is 10.1. The van der Waals surface area contributed by atoms with E-state index in [-0.39, 0.29) is 18.2 Å². The van der Waals surface area contributed by atoms with Crippen molar-refractivity contribution in [2.45, 2.75) is 13.0 Å². The van der Waals surface area contributed by atoms with Crippen molar-refractivity contribution in [1.29, 1.82) is 0 Å². The normalized spacial score (nSPS) is 11.9. The predicted octanol–water partition coefficient (Wildman–Crippen LogP) is 2.17. The Bertz CT molecular complexity index is 863. The van der Waals surface area contributed by atoms with Crippen LogP contribution in [-0.2, 0) is 0 Å². The van der Waals surface area contributed by atoms with E-state index in [1.165, 1.54) is 12.1 Å². The molecule has 0 saturated carbocycles. The second-order valence-electron chi connectivity index (χ2n) is 5.87. The molecule has 0 saturated heterocycles. The number of aliphatic hydroxyl groups excluding tert-OH is 1. The molecule has 7 nitrogen and oxygen atoms in total. The van der Waals surface area contributed by atoms with E-state index < -0.39 is 6.10 Å². The van der Waals surface area contributed by atoms with E-state index in [1.54, 1.807) is 46.4 Å². The summed E-state index contributed by atoms with van der Waals surface area (Å²) in [7, 11) is 0. The van der Waals surface area contributed by atoms with Gasteiger partial charge >= 0.3 is 0 Å². The van der Waals surface area contributed by atoms with Gasteiger partial charge in [-0.05, 0) is 48.9 Å². The topological polar surface area (TPSA) is 91.5 Å². The number of hydrogen-bond acceptors (Lipinski definition) is 5. The van der Waals surface area contributed by atoms with Gasteiger partial charge in [-0.15, -0.1) is 10.2 Å². The first kappa shape index (κ1) is 17.6. The molecule has 1 aromatic heterocycles. The van der Waals surface area contributed by atoms with Crippen LogP contribution in [-0.4, -0.2) is 48.9 Å². The summed E-state index contributed by atoms with van der Waals surface area (Å²) in [6, 6.07) is 13.5. The van der Waals surface area contributed by atoms with Crippen LogP contribution in [0.25, 0.3) is 5.69 Å². The summed E-state index contributed by atoms with van der Waals surface area (Å²) >= 11 is 0. The SMILES string of the molecule is CCN(C[C@@H](O)c1cccc(O)c1)C(=O)c1ccc(-n2cnnc2)cc1. The monoisotopic (exact) mass is 352 g/mol. The van der Waals surface area contributed by atoms with Crippen LogP contribution in [0.4, 0.5) is 0 Å². The van der Waals surface area contributed by atoms with Crippen LogP contribution in [0.3, 0.4) is 0 Å². The number of aromatic hydroxyl groups is 1. The molecule has 0 bridgehead atoms. The highest BCUT2D eigenvalue weighted by Crippen LogP contribution is 2.20. The summed E-state index contributed by atoms with van der Waals surface area (Å²) < 4.78 is 1.75. The van der Waals surface area contributed by atoms with Crippen LogP contribution in [0.5, 0.6) is 5.75 Å². The average Bonchev–Trinajstić information content (AvgIpc) is 3.20. The van der Waals surface area contributed by atoms with E-state index >= 15 is 0 Å². The molecule has 0 radical (unpaired) electrons. The molecule has 134 valence electrons. The molecule has 3 rings (SSSR count). The highest BCUT2D eigenvalue weighted by Gasteiger charge is 2.19. The number of benzene rings is 2. The van der Waals surface area contributed by atoms with Gasteiger partial charge in [-0.3, -0.25) is 9.36 Å². The number of nitrogens with zero attached hydrogens (tertiary/aromatic N) is 4. The lowest BCUT2D eigenvalue weighted by molar-refractivity contribution is 0.0635. The second kappa shape index (κ2) is 7.79. The van der Waals surface area contributed by atoms with Crippen molar-refractivity contribution in [3.8, 4) is 11.4 Å². The summed E-state index contributed by atoms with van der Waals surface area (Å²) in [6.45, 7) is 2.46. The number of amides is 1. The third kappa shape index (κ3) is 3.89. The minimum Gasteiger partial charge on any atom is -0.508 e. The molecule has 7 heteroatoms. The van der Waals surface area contributed by atoms with Crippen LogP contribution in [0.1, 0.15) is 28.9 Å². The van der Waals surface area contributed by atoms with Crippen molar-refractivity contribution in [2.24, 2.45) is 0 Å². The number of phenolic OH excluding ortho intramolecular Hbond substituents is 1. The maximum absolute atomic E-state index is 12.7. The smallest absolute Gasteiger partial charge is 0.253 e. The first-order valence-electron chi connectivity index (χ1n) is 8.30. The molecule has 0 aliphatic heterocycles. The van der Waals surface area contributed by atoms with E-state index in [0.29, 0.717) is 17.7 Å². The third-order valence-corrected chi connectivity index (χ3v) is 4.15. The van der Waals surface area contributed by atoms with Gasteiger partial charge < -0.3 is 15.1 Å². The highest BCUT2D eigenvalue weighted by atomic mass is 16.3. The van der Waals surface area contributed by atoms with Crippen LogP contribution in [0.15, 0.2) is 61.2 Å². The van der Waals surface area contributed by atoms with Gasteiger partial charge in [-0.25, -0.2) is 0 Å². The molecule has 1 heterocycles. The summed E-state index contributed by atoms with van der Waals surface area (Å²) in [4.78, 5) is 14.3. The average molecular weight is 352 g/mol. The fourth-order valence-corrected chi connectivity index (χ4v) is 2.69. The summed E-state index contributed by atoms with van der Waals surface area (Å²) in [5.41, 5.74) is 1.96. The lowest BCUT2D eigenvalue weighted by Crippen LogP contribution is -2.34. The van der Waals surface area contributed by atoms with Crippen LogP contribution in [0, 0.1) is 0 Å². The van der Waals surface area contributed by atoms with Crippen molar-refractivity contribution in [1.82, 2.24) is 19.7 Å².